The number of pyridine rings is 1. The highest BCUT2D eigenvalue weighted by Gasteiger charge is 2.20. The summed E-state index contributed by atoms with van der Waals surface area (Å²) in [7, 11) is 0. The number of hydrogen-bond donors (Lipinski definition) is 0. The summed E-state index contributed by atoms with van der Waals surface area (Å²) in [6.45, 7) is 8.07. The Morgan fingerprint density at radius 3 is 2.22 bits per heavy atom. The maximum atomic E-state index is 9.34. The van der Waals surface area contributed by atoms with Gasteiger partial charge in [-0.05, 0) is 57.5 Å². The number of rotatable bonds is 2. The second-order valence-electron chi connectivity index (χ2n) is 6.72. The van der Waals surface area contributed by atoms with Crippen molar-refractivity contribution < 1.29 is 0 Å². The molecule has 0 N–H and O–H groups in total. The highest BCUT2D eigenvalue weighted by atomic mass is 14.7. The lowest BCUT2D eigenvalue weighted by Gasteiger charge is -2.16. The molecule has 0 radical (unpaired) electrons. The zero-order chi connectivity index (χ0) is 16.6. The van der Waals surface area contributed by atoms with Gasteiger partial charge in [0.2, 0.25) is 0 Å². The summed E-state index contributed by atoms with van der Waals surface area (Å²) in [4.78, 5) is 4.83. The van der Waals surface area contributed by atoms with Crippen molar-refractivity contribution >= 4 is 10.9 Å². The Bertz CT molecular complexity index is 910. The Morgan fingerprint density at radius 2 is 1.57 bits per heavy atom. The second kappa shape index (κ2) is 5.52. The largest absolute Gasteiger partial charge is 0.248 e. The first kappa shape index (κ1) is 15.2. The second-order valence-corrected chi connectivity index (χ2v) is 6.72. The first-order valence-electron chi connectivity index (χ1n) is 7.80. The minimum absolute atomic E-state index is 0.508. The number of benzene rings is 2. The highest BCUT2D eigenvalue weighted by molar-refractivity contribution is 5.82. The molecule has 1 heterocycles. The van der Waals surface area contributed by atoms with Gasteiger partial charge in [0.05, 0.1) is 22.7 Å². The molecule has 0 saturated carbocycles. The van der Waals surface area contributed by atoms with Gasteiger partial charge in [0.15, 0.2) is 0 Å². The molecule has 0 amide bonds. The lowest BCUT2D eigenvalue weighted by molar-refractivity contribution is 0.688. The molecule has 23 heavy (non-hydrogen) atoms. The van der Waals surface area contributed by atoms with Crippen LogP contribution in [0.3, 0.4) is 0 Å². The normalized spacial score (nSPS) is 11.4. The minimum Gasteiger partial charge on any atom is -0.248 e. The van der Waals surface area contributed by atoms with Gasteiger partial charge < -0.3 is 0 Å². The monoisotopic (exact) mass is 300 g/mol. The molecule has 2 heteroatoms. The van der Waals surface area contributed by atoms with Crippen molar-refractivity contribution in [3.05, 3.63) is 65.2 Å². The third kappa shape index (κ3) is 2.96. The van der Waals surface area contributed by atoms with Crippen LogP contribution in [0.2, 0.25) is 0 Å². The number of fused-ring (bicyclic) bond motifs is 1. The van der Waals surface area contributed by atoms with Crippen LogP contribution in [0.15, 0.2) is 48.5 Å². The number of aromatic nitrogens is 1. The van der Waals surface area contributed by atoms with E-state index in [1.807, 2.05) is 32.0 Å². The summed E-state index contributed by atoms with van der Waals surface area (Å²) in [5.74, 6) is 0. The average molecular weight is 300 g/mol. The van der Waals surface area contributed by atoms with Crippen molar-refractivity contribution in [2.45, 2.75) is 33.1 Å². The highest BCUT2D eigenvalue weighted by Crippen LogP contribution is 2.28. The zero-order valence-corrected chi connectivity index (χ0v) is 14.0. The molecular weight excluding hydrogens is 280 g/mol. The predicted molar refractivity (Wildman–Crippen MR) is 95.3 cm³/mol. The van der Waals surface area contributed by atoms with Gasteiger partial charge >= 0.3 is 0 Å². The van der Waals surface area contributed by atoms with Gasteiger partial charge in [-0.1, -0.05) is 35.4 Å². The van der Waals surface area contributed by atoms with Gasteiger partial charge in [0.25, 0.3) is 0 Å². The van der Waals surface area contributed by atoms with Crippen LogP contribution in [0.25, 0.3) is 22.2 Å². The molecule has 3 aromatic rings. The Kier molecular flexibility index (Phi) is 3.66. The minimum atomic E-state index is -0.508. The molecule has 2 aromatic carbocycles. The number of nitrogens with zero attached hydrogens (tertiary/aromatic N) is 2. The predicted octanol–water partition coefficient (Wildman–Crippen LogP) is 5.32. The third-order valence-electron chi connectivity index (χ3n) is 4.21. The summed E-state index contributed by atoms with van der Waals surface area (Å²) in [5.41, 5.74) is 6.00. The molecule has 2 nitrogen and oxygen atoms in total. The maximum absolute atomic E-state index is 9.34. The van der Waals surface area contributed by atoms with E-state index in [0.29, 0.717) is 0 Å². The molecule has 0 saturated heterocycles. The van der Waals surface area contributed by atoms with Gasteiger partial charge in [0, 0.05) is 10.9 Å². The molecule has 0 aliphatic carbocycles. The first-order valence-corrected chi connectivity index (χ1v) is 7.80. The number of hydrogen-bond acceptors (Lipinski definition) is 2. The van der Waals surface area contributed by atoms with E-state index in [2.05, 4.69) is 50.2 Å². The Morgan fingerprint density at radius 1 is 0.913 bits per heavy atom. The molecule has 0 bridgehead atoms. The lowest BCUT2D eigenvalue weighted by Crippen LogP contribution is -2.13. The van der Waals surface area contributed by atoms with Gasteiger partial charge in [-0.3, -0.25) is 0 Å². The van der Waals surface area contributed by atoms with Crippen molar-refractivity contribution in [3.63, 3.8) is 0 Å². The van der Waals surface area contributed by atoms with Gasteiger partial charge in [-0.15, -0.1) is 0 Å². The molecule has 0 aliphatic heterocycles. The van der Waals surface area contributed by atoms with E-state index in [1.165, 1.54) is 11.1 Å². The van der Waals surface area contributed by atoms with Crippen molar-refractivity contribution in [2.75, 3.05) is 0 Å². The molecule has 0 aliphatic rings. The van der Waals surface area contributed by atoms with Crippen LogP contribution in [0.4, 0.5) is 0 Å². The van der Waals surface area contributed by atoms with Crippen LogP contribution < -0.4 is 0 Å². The molecule has 114 valence electrons. The quantitative estimate of drug-likeness (QED) is 0.642. The fourth-order valence-corrected chi connectivity index (χ4v) is 2.85. The van der Waals surface area contributed by atoms with Crippen LogP contribution in [0.5, 0.6) is 0 Å². The van der Waals surface area contributed by atoms with Gasteiger partial charge in [0.1, 0.15) is 0 Å². The van der Waals surface area contributed by atoms with E-state index >= 15 is 0 Å². The van der Waals surface area contributed by atoms with E-state index in [-0.39, 0.29) is 0 Å². The molecule has 0 fully saturated rings. The smallest absolute Gasteiger partial charge is 0.0767 e. The fraction of sp³-hybridized carbons (Fsp3) is 0.238. The van der Waals surface area contributed by atoms with Crippen molar-refractivity contribution in [1.29, 1.82) is 5.26 Å². The van der Waals surface area contributed by atoms with E-state index < -0.39 is 5.41 Å². The topological polar surface area (TPSA) is 36.7 Å². The molecular formula is C21H20N2. The Hall–Kier alpha value is -2.66. The third-order valence-corrected chi connectivity index (χ3v) is 4.21. The lowest BCUT2D eigenvalue weighted by atomic mass is 9.86. The van der Waals surface area contributed by atoms with Crippen LogP contribution in [0.1, 0.15) is 30.5 Å². The molecule has 1 aromatic heterocycles. The first-order chi connectivity index (χ1) is 10.9. The van der Waals surface area contributed by atoms with Crippen LogP contribution in [-0.2, 0) is 5.41 Å². The summed E-state index contributed by atoms with van der Waals surface area (Å²) < 4.78 is 0. The van der Waals surface area contributed by atoms with Gasteiger partial charge in [-0.2, -0.15) is 5.26 Å². The van der Waals surface area contributed by atoms with Crippen molar-refractivity contribution in [1.82, 2.24) is 4.98 Å². The average Bonchev–Trinajstić information content (AvgIpc) is 2.53. The Balaban J connectivity index is 2.16. The summed E-state index contributed by atoms with van der Waals surface area (Å²) in [6.07, 6.45) is 0. The van der Waals surface area contributed by atoms with E-state index in [4.69, 9.17) is 4.98 Å². The molecule has 3 rings (SSSR count). The Labute approximate surface area is 137 Å². The zero-order valence-electron chi connectivity index (χ0n) is 14.0. The SMILES string of the molecule is Cc1cc(C)cc(-c2ccc3ccc(C(C)(C)C#N)cc3n2)c1. The van der Waals surface area contributed by atoms with E-state index in [0.717, 1.165) is 27.7 Å². The van der Waals surface area contributed by atoms with E-state index in [1.54, 1.807) is 0 Å². The molecule has 0 spiro atoms. The summed E-state index contributed by atoms with van der Waals surface area (Å²) in [6, 6.07) is 19.1. The van der Waals surface area contributed by atoms with Gasteiger partial charge in [-0.25, -0.2) is 4.98 Å². The molecule has 0 atom stereocenters. The maximum Gasteiger partial charge on any atom is 0.0767 e. The van der Waals surface area contributed by atoms with Crippen molar-refractivity contribution in [2.24, 2.45) is 0 Å². The van der Waals surface area contributed by atoms with E-state index in [9.17, 15) is 5.26 Å². The standard InChI is InChI=1S/C21H20N2/c1-14-9-15(2)11-17(10-14)19-8-6-16-5-7-18(12-20(16)23-19)21(3,4)13-22/h5-12H,1-4H3. The van der Waals surface area contributed by atoms with Crippen LogP contribution >= 0.6 is 0 Å². The number of nitriles is 1. The summed E-state index contributed by atoms with van der Waals surface area (Å²) >= 11 is 0. The fourth-order valence-electron chi connectivity index (χ4n) is 2.85. The van der Waals surface area contributed by atoms with Crippen molar-refractivity contribution in [3.8, 4) is 17.3 Å². The molecule has 0 unspecified atom stereocenters. The summed E-state index contributed by atoms with van der Waals surface area (Å²) in [5, 5.41) is 10.4. The van der Waals surface area contributed by atoms with Crippen LogP contribution in [0, 0.1) is 25.2 Å². The number of aryl methyl sites for hydroxylation is 2. The van der Waals surface area contributed by atoms with Crippen LogP contribution in [-0.4, -0.2) is 4.98 Å².